The Morgan fingerprint density at radius 3 is 2.22 bits per heavy atom. The highest BCUT2D eigenvalue weighted by molar-refractivity contribution is 7.92. The molecule has 8 heteroatoms. The van der Waals surface area contributed by atoms with Gasteiger partial charge >= 0.3 is 6.03 Å². The fraction of sp³-hybridized carbons (Fsp3) is 0.200. The standard InChI is InChI=1S/C10H11FN2O4S/c1-6(9(14)13-10(12)15)18(16,17)8-4-2-7(11)3-5-8/h2-6H,1H3,(H3,12,13,14,15). The third kappa shape index (κ3) is 3.04. The summed E-state index contributed by atoms with van der Waals surface area (Å²) in [6.07, 6.45) is 0. The van der Waals surface area contributed by atoms with Crippen molar-refractivity contribution in [3.05, 3.63) is 30.1 Å². The van der Waals surface area contributed by atoms with Crippen molar-refractivity contribution in [3.63, 3.8) is 0 Å². The van der Waals surface area contributed by atoms with E-state index < -0.39 is 32.8 Å². The average molecular weight is 274 g/mol. The number of amides is 3. The molecule has 0 saturated carbocycles. The molecule has 6 nitrogen and oxygen atoms in total. The molecular formula is C10H11FN2O4S. The Balaban J connectivity index is 3.03. The van der Waals surface area contributed by atoms with Gasteiger partial charge in [-0.3, -0.25) is 10.1 Å². The second-order valence-electron chi connectivity index (χ2n) is 3.49. The molecule has 3 N–H and O–H groups in total. The minimum absolute atomic E-state index is 0.212. The fourth-order valence-corrected chi connectivity index (χ4v) is 2.46. The highest BCUT2D eigenvalue weighted by Gasteiger charge is 2.30. The maximum absolute atomic E-state index is 12.7. The molecule has 1 rings (SSSR count). The number of hydrogen-bond donors (Lipinski definition) is 2. The SMILES string of the molecule is CC(C(=O)NC(N)=O)S(=O)(=O)c1ccc(F)cc1. The predicted molar refractivity (Wildman–Crippen MR) is 60.8 cm³/mol. The summed E-state index contributed by atoms with van der Waals surface area (Å²) in [6.45, 7) is 1.11. The van der Waals surface area contributed by atoms with Crippen molar-refractivity contribution in [2.75, 3.05) is 0 Å². The van der Waals surface area contributed by atoms with Crippen molar-refractivity contribution < 1.29 is 22.4 Å². The summed E-state index contributed by atoms with van der Waals surface area (Å²) < 4.78 is 36.5. The Hall–Kier alpha value is -1.96. The summed E-state index contributed by atoms with van der Waals surface area (Å²) in [6, 6.07) is 2.87. The van der Waals surface area contributed by atoms with Crippen molar-refractivity contribution >= 4 is 21.8 Å². The van der Waals surface area contributed by atoms with Crippen LogP contribution in [0.15, 0.2) is 29.2 Å². The van der Waals surface area contributed by atoms with Crippen LogP contribution in [0.3, 0.4) is 0 Å². The van der Waals surface area contributed by atoms with Crippen LogP contribution < -0.4 is 11.1 Å². The molecule has 0 saturated heterocycles. The molecule has 98 valence electrons. The third-order valence-corrected chi connectivity index (χ3v) is 4.30. The van der Waals surface area contributed by atoms with E-state index in [2.05, 4.69) is 0 Å². The van der Waals surface area contributed by atoms with Gasteiger partial charge in [0, 0.05) is 0 Å². The lowest BCUT2D eigenvalue weighted by molar-refractivity contribution is -0.119. The summed E-state index contributed by atoms with van der Waals surface area (Å²) in [7, 11) is -3.99. The number of benzene rings is 1. The molecular weight excluding hydrogens is 263 g/mol. The van der Waals surface area contributed by atoms with Crippen LogP contribution in [0.4, 0.5) is 9.18 Å². The van der Waals surface area contributed by atoms with E-state index >= 15 is 0 Å². The van der Waals surface area contributed by atoms with Gasteiger partial charge in [0.1, 0.15) is 11.1 Å². The Morgan fingerprint density at radius 2 is 1.78 bits per heavy atom. The second kappa shape index (κ2) is 5.13. The topological polar surface area (TPSA) is 106 Å². The highest BCUT2D eigenvalue weighted by Crippen LogP contribution is 2.16. The highest BCUT2D eigenvalue weighted by atomic mass is 32.2. The number of sulfone groups is 1. The fourth-order valence-electron chi connectivity index (χ4n) is 1.19. The molecule has 3 amide bonds. The first kappa shape index (κ1) is 14.1. The Morgan fingerprint density at radius 1 is 1.28 bits per heavy atom. The quantitative estimate of drug-likeness (QED) is 0.767. The molecule has 0 bridgehead atoms. The van der Waals surface area contributed by atoms with Crippen LogP contribution in [-0.2, 0) is 14.6 Å². The Kier molecular flexibility index (Phi) is 4.02. The van der Waals surface area contributed by atoms with Gasteiger partial charge in [0.2, 0.25) is 5.91 Å². The summed E-state index contributed by atoms with van der Waals surface area (Å²) in [4.78, 5) is 21.6. The zero-order valence-electron chi connectivity index (χ0n) is 9.38. The maximum Gasteiger partial charge on any atom is 0.318 e. The van der Waals surface area contributed by atoms with Gasteiger partial charge in [-0.25, -0.2) is 17.6 Å². The van der Waals surface area contributed by atoms with Gasteiger partial charge in [0.15, 0.2) is 9.84 Å². The van der Waals surface area contributed by atoms with E-state index in [1.807, 2.05) is 0 Å². The molecule has 0 aromatic heterocycles. The smallest absolute Gasteiger partial charge is 0.318 e. The zero-order chi connectivity index (χ0) is 13.9. The number of carbonyl (C=O) groups excluding carboxylic acids is 2. The van der Waals surface area contributed by atoms with Crippen LogP contribution in [0.25, 0.3) is 0 Å². The van der Waals surface area contributed by atoms with E-state index in [1.165, 1.54) is 0 Å². The normalized spacial score (nSPS) is 12.8. The number of carbonyl (C=O) groups is 2. The molecule has 0 aliphatic carbocycles. The summed E-state index contributed by atoms with van der Waals surface area (Å²) in [5, 5.41) is 0.172. The van der Waals surface area contributed by atoms with Crippen LogP contribution >= 0.6 is 0 Å². The minimum atomic E-state index is -3.99. The van der Waals surface area contributed by atoms with Gasteiger partial charge in [0.25, 0.3) is 0 Å². The Bertz CT molecular complexity index is 568. The number of primary amides is 1. The van der Waals surface area contributed by atoms with Crippen molar-refractivity contribution in [1.82, 2.24) is 5.32 Å². The predicted octanol–water partition coefficient (Wildman–Crippen LogP) is 0.183. The zero-order valence-corrected chi connectivity index (χ0v) is 10.2. The number of urea groups is 1. The molecule has 0 spiro atoms. The van der Waals surface area contributed by atoms with E-state index in [-0.39, 0.29) is 4.90 Å². The van der Waals surface area contributed by atoms with E-state index in [1.54, 1.807) is 5.32 Å². The third-order valence-electron chi connectivity index (χ3n) is 2.22. The number of imide groups is 1. The molecule has 1 aromatic carbocycles. The van der Waals surface area contributed by atoms with Crippen molar-refractivity contribution in [3.8, 4) is 0 Å². The van der Waals surface area contributed by atoms with Crippen molar-refractivity contribution in [2.45, 2.75) is 17.1 Å². The largest absolute Gasteiger partial charge is 0.351 e. The molecule has 1 atom stereocenters. The molecule has 1 unspecified atom stereocenters. The second-order valence-corrected chi connectivity index (χ2v) is 5.76. The van der Waals surface area contributed by atoms with Crippen LogP contribution in [0.1, 0.15) is 6.92 Å². The summed E-state index contributed by atoms with van der Waals surface area (Å²) >= 11 is 0. The molecule has 0 aliphatic heterocycles. The van der Waals surface area contributed by atoms with E-state index in [9.17, 15) is 22.4 Å². The van der Waals surface area contributed by atoms with Gasteiger partial charge < -0.3 is 5.73 Å². The van der Waals surface area contributed by atoms with Gasteiger partial charge in [-0.1, -0.05) is 0 Å². The lowest BCUT2D eigenvalue weighted by atomic mass is 10.3. The summed E-state index contributed by atoms with van der Waals surface area (Å²) in [5.74, 6) is -1.63. The molecule has 0 radical (unpaired) electrons. The van der Waals surface area contributed by atoms with Gasteiger partial charge in [-0.2, -0.15) is 0 Å². The molecule has 0 fully saturated rings. The van der Waals surface area contributed by atoms with Gasteiger partial charge in [-0.15, -0.1) is 0 Å². The van der Waals surface area contributed by atoms with E-state index in [4.69, 9.17) is 5.73 Å². The molecule has 1 aromatic rings. The average Bonchev–Trinajstić information content (AvgIpc) is 2.27. The first-order valence-electron chi connectivity index (χ1n) is 4.85. The van der Waals surface area contributed by atoms with Crippen LogP contribution in [0.2, 0.25) is 0 Å². The first-order valence-corrected chi connectivity index (χ1v) is 6.39. The number of nitrogens with two attached hydrogens (primary N) is 1. The van der Waals surface area contributed by atoms with Crippen LogP contribution in [0.5, 0.6) is 0 Å². The number of halogens is 1. The maximum atomic E-state index is 12.7. The monoisotopic (exact) mass is 274 g/mol. The van der Waals surface area contributed by atoms with Crippen molar-refractivity contribution in [2.24, 2.45) is 5.73 Å². The van der Waals surface area contributed by atoms with Crippen molar-refractivity contribution in [1.29, 1.82) is 0 Å². The number of hydrogen-bond acceptors (Lipinski definition) is 4. The van der Waals surface area contributed by atoms with Gasteiger partial charge in [0.05, 0.1) is 4.90 Å². The van der Waals surface area contributed by atoms with E-state index in [0.717, 1.165) is 31.2 Å². The summed E-state index contributed by atoms with van der Waals surface area (Å²) in [5.41, 5.74) is 4.72. The number of nitrogens with one attached hydrogen (secondary N) is 1. The van der Waals surface area contributed by atoms with Crippen LogP contribution in [-0.4, -0.2) is 25.6 Å². The van der Waals surface area contributed by atoms with Gasteiger partial charge in [-0.05, 0) is 31.2 Å². The van der Waals surface area contributed by atoms with Crippen LogP contribution in [0, 0.1) is 5.82 Å². The lowest BCUT2D eigenvalue weighted by Crippen LogP contribution is -2.43. The minimum Gasteiger partial charge on any atom is -0.351 e. The molecule has 0 heterocycles. The lowest BCUT2D eigenvalue weighted by Gasteiger charge is -2.11. The first-order chi connectivity index (χ1) is 8.25. The Labute approximate surface area is 103 Å². The molecule has 0 aliphatic rings. The van der Waals surface area contributed by atoms with E-state index in [0.29, 0.717) is 0 Å². The molecule has 18 heavy (non-hydrogen) atoms. The number of rotatable bonds is 3.